The summed E-state index contributed by atoms with van der Waals surface area (Å²) in [6.45, 7) is 4.20. The van der Waals surface area contributed by atoms with Gasteiger partial charge in [-0.15, -0.1) is 0 Å². The molecule has 0 saturated carbocycles. The van der Waals surface area contributed by atoms with Crippen LogP contribution in [-0.4, -0.2) is 33.5 Å². The summed E-state index contributed by atoms with van der Waals surface area (Å²) in [5.41, 5.74) is 2.82. The highest BCUT2D eigenvalue weighted by Gasteiger charge is 2.22. The van der Waals surface area contributed by atoms with E-state index in [9.17, 15) is 9.90 Å². The summed E-state index contributed by atoms with van der Waals surface area (Å²) >= 11 is 0. The number of fused-ring (bicyclic) bond motifs is 1. The quantitative estimate of drug-likeness (QED) is 0.671. The molecule has 1 aromatic carbocycles. The van der Waals surface area contributed by atoms with Crippen molar-refractivity contribution in [1.29, 1.82) is 0 Å². The van der Waals surface area contributed by atoms with E-state index in [4.69, 9.17) is 4.74 Å². The average molecular weight is 338 g/mol. The monoisotopic (exact) mass is 338 g/mol. The van der Waals surface area contributed by atoms with Crippen molar-refractivity contribution in [2.24, 2.45) is 0 Å². The van der Waals surface area contributed by atoms with Gasteiger partial charge in [-0.25, -0.2) is 4.98 Å². The molecule has 3 aromatic rings. The number of pyridine rings is 1. The Morgan fingerprint density at radius 1 is 1.24 bits per heavy atom. The van der Waals surface area contributed by atoms with Crippen molar-refractivity contribution in [3.05, 3.63) is 65.6 Å². The third-order valence-corrected chi connectivity index (χ3v) is 4.28. The molecular formula is C20H22N2O3. The van der Waals surface area contributed by atoms with Crippen molar-refractivity contribution in [3.63, 3.8) is 0 Å². The fraction of sp³-hybridized carbons (Fsp3) is 0.300. The number of nitrogens with zero attached hydrogens (tertiary/aromatic N) is 2. The maximum absolute atomic E-state index is 12.9. The van der Waals surface area contributed by atoms with E-state index in [1.807, 2.05) is 62.5 Å². The maximum Gasteiger partial charge on any atom is 0.182 e. The minimum absolute atomic E-state index is 0.0402. The summed E-state index contributed by atoms with van der Waals surface area (Å²) in [7, 11) is 0. The molecule has 0 aliphatic rings. The predicted molar refractivity (Wildman–Crippen MR) is 96.3 cm³/mol. The number of hydrogen-bond donors (Lipinski definition) is 1. The number of aliphatic hydroxyl groups is 1. The number of benzene rings is 1. The Labute approximate surface area is 146 Å². The Morgan fingerprint density at radius 2 is 2.00 bits per heavy atom. The molecule has 25 heavy (non-hydrogen) atoms. The molecule has 2 heterocycles. The Hall–Kier alpha value is -2.66. The zero-order chi connectivity index (χ0) is 17.8. The van der Waals surface area contributed by atoms with Gasteiger partial charge in [-0.3, -0.25) is 9.20 Å². The second-order valence-electron chi connectivity index (χ2n) is 5.96. The van der Waals surface area contributed by atoms with Gasteiger partial charge in [0.15, 0.2) is 17.2 Å². The number of ketones is 1. The fourth-order valence-corrected chi connectivity index (χ4v) is 3.09. The summed E-state index contributed by atoms with van der Waals surface area (Å²) < 4.78 is 7.38. The largest absolute Gasteiger partial charge is 0.490 e. The van der Waals surface area contributed by atoms with E-state index in [2.05, 4.69) is 4.98 Å². The van der Waals surface area contributed by atoms with Crippen LogP contribution in [0.25, 0.3) is 5.65 Å². The van der Waals surface area contributed by atoms with Crippen molar-refractivity contribution < 1.29 is 14.6 Å². The van der Waals surface area contributed by atoms with Gasteiger partial charge in [-0.05, 0) is 31.5 Å². The highest BCUT2D eigenvalue weighted by molar-refractivity contribution is 5.97. The van der Waals surface area contributed by atoms with E-state index in [1.165, 1.54) is 0 Å². The van der Waals surface area contributed by atoms with Gasteiger partial charge in [0.05, 0.1) is 18.9 Å². The first kappa shape index (κ1) is 17.2. The van der Waals surface area contributed by atoms with Crippen LogP contribution < -0.4 is 4.74 Å². The summed E-state index contributed by atoms with van der Waals surface area (Å²) in [5.74, 6) is 0.393. The van der Waals surface area contributed by atoms with Gasteiger partial charge in [0.1, 0.15) is 5.69 Å². The van der Waals surface area contributed by atoms with Gasteiger partial charge >= 0.3 is 0 Å². The Balaban J connectivity index is 1.94. The average Bonchev–Trinajstić information content (AvgIpc) is 2.97. The second-order valence-corrected chi connectivity index (χ2v) is 5.96. The minimum atomic E-state index is -0.228. The van der Waals surface area contributed by atoms with E-state index in [0.29, 0.717) is 29.4 Å². The number of carbonyl (C=O) groups is 1. The number of carbonyl (C=O) groups excluding carboxylic acids is 1. The lowest BCUT2D eigenvalue weighted by molar-refractivity contribution is 0.0953. The van der Waals surface area contributed by atoms with Crippen LogP contribution in [0.5, 0.6) is 5.75 Å². The predicted octanol–water partition coefficient (Wildman–Crippen LogP) is 3.39. The van der Waals surface area contributed by atoms with Gasteiger partial charge in [-0.2, -0.15) is 0 Å². The molecule has 0 spiro atoms. The van der Waals surface area contributed by atoms with Crippen molar-refractivity contribution in [3.8, 4) is 5.75 Å². The van der Waals surface area contributed by atoms with Crippen LogP contribution in [0.4, 0.5) is 0 Å². The normalized spacial score (nSPS) is 12.3. The SMILES string of the molecule is CCOc1cccn2c(C(=O)C[C@H](CO)c3ccccc3)c(C)nc12. The Kier molecular flexibility index (Phi) is 5.14. The fourth-order valence-electron chi connectivity index (χ4n) is 3.09. The first-order valence-electron chi connectivity index (χ1n) is 8.45. The summed E-state index contributed by atoms with van der Waals surface area (Å²) in [6, 6.07) is 13.3. The van der Waals surface area contributed by atoms with Crippen molar-refractivity contribution in [2.45, 2.75) is 26.2 Å². The van der Waals surface area contributed by atoms with Gasteiger partial charge in [-0.1, -0.05) is 30.3 Å². The van der Waals surface area contributed by atoms with Crippen LogP contribution in [0.1, 0.15) is 41.0 Å². The molecule has 130 valence electrons. The first-order chi connectivity index (χ1) is 12.2. The van der Waals surface area contributed by atoms with Gasteiger partial charge in [0.25, 0.3) is 0 Å². The Bertz CT molecular complexity index is 871. The lowest BCUT2D eigenvalue weighted by Gasteiger charge is -2.14. The minimum Gasteiger partial charge on any atom is -0.490 e. The van der Waals surface area contributed by atoms with E-state index in [0.717, 1.165) is 5.56 Å². The van der Waals surface area contributed by atoms with Crippen molar-refractivity contribution in [2.75, 3.05) is 13.2 Å². The summed E-state index contributed by atoms with van der Waals surface area (Å²) in [6.07, 6.45) is 2.05. The molecular weight excluding hydrogens is 316 g/mol. The molecule has 0 aliphatic heterocycles. The molecule has 0 bridgehead atoms. The topological polar surface area (TPSA) is 63.8 Å². The summed E-state index contributed by atoms with van der Waals surface area (Å²) in [4.78, 5) is 17.5. The number of aromatic nitrogens is 2. The van der Waals surface area contributed by atoms with Crippen LogP contribution in [0, 0.1) is 6.92 Å². The molecule has 0 unspecified atom stereocenters. The molecule has 3 rings (SSSR count). The molecule has 1 N–H and O–H groups in total. The van der Waals surface area contributed by atoms with E-state index < -0.39 is 0 Å². The molecule has 0 amide bonds. The zero-order valence-electron chi connectivity index (χ0n) is 14.5. The van der Waals surface area contributed by atoms with Crippen LogP contribution in [0.3, 0.4) is 0 Å². The zero-order valence-corrected chi connectivity index (χ0v) is 14.5. The second kappa shape index (κ2) is 7.49. The highest BCUT2D eigenvalue weighted by Crippen LogP contribution is 2.26. The number of imidazole rings is 1. The third-order valence-electron chi connectivity index (χ3n) is 4.28. The van der Waals surface area contributed by atoms with E-state index >= 15 is 0 Å². The van der Waals surface area contributed by atoms with Gasteiger partial charge in [0.2, 0.25) is 0 Å². The molecule has 0 radical (unpaired) electrons. The van der Waals surface area contributed by atoms with Crippen LogP contribution in [0.15, 0.2) is 48.7 Å². The van der Waals surface area contributed by atoms with E-state index in [1.54, 1.807) is 4.40 Å². The standard InChI is InChI=1S/C20H22N2O3/c1-3-25-18-10-7-11-22-19(14(2)21-20(18)22)17(24)12-16(13-23)15-8-5-4-6-9-15/h4-11,16,23H,3,12-13H2,1-2H3/t16-/m1/s1. The molecule has 2 aromatic heterocycles. The van der Waals surface area contributed by atoms with Crippen LogP contribution in [-0.2, 0) is 0 Å². The smallest absolute Gasteiger partial charge is 0.182 e. The van der Waals surface area contributed by atoms with Crippen LogP contribution >= 0.6 is 0 Å². The summed E-state index contributed by atoms with van der Waals surface area (Å²) in [5, 5.41) is 9.73. The highest BCUT2D eigenvalue weighted by atomic mass is 16.5. The van der Waals surface area contributed by atoms with Gasteiger partial charge in [0, 0.05) is 18.5 Å². The van der Waals surface area contributed by atoms with Crippen LogP contribution in [0.2, 0.25) is 0 Å². The molecule has 0 saturated heterocycles. The lowest BCUT2D eigenvalue weighted by atomic mass is 9.93. The number of Topliss-reactive ketones (excluding diaryl/α,β-unsaturated/α-hetero) is 1. The number of aryl methyl sites for hydroxylation is 1. The Morgan fingerprint density at radius 3 is 2.68 bits per heavy atom. The number of hydrogen-bond acceptors (Lipinski definition) is 4. The molecule has 5 heteroatoms. The van der Waals surface area contributed by atoms with Crippen molar-refractivity contribution in [1.82, 2.24) is 9.38 Å². The molecule has 0 aliphatic carbocycles. The molecule has 0 fully saturated rings. The lowest BCUT2D eigenvalue weighted by Crippen LogP contribution is -2.13. The maximum atomic E-state index is 12.9. The first-order valence-corrected chi connectivity index (χ1v) is 8.45. The molecule has 1 atom stereocenters. The van der Waals surface area contributed by atoms with Gasteiger partial charge < -0.3 is 9.84 Å². The van der Waals surface area contributed by atoms with Crippen molar-refractivity contribution >= 4 is 11.4 Å². The van der Waals surface area contributed by atoms with E-state index in [-0.39, 0.29) is 24.7 Å². The third kappa shape index (κ3) is 3.42. The molecule has 5 nitrogen and oxygen atoms in total. The number of ether oxygens (including phenoxy) is 1. The number of aliphatic hydroxyl groups excluding tert-OH is 1. The number of rotatable bonds is 7.